The number of alkyl halides is 1. The highest BCUT2D eigenvalue weighted by Crippen LogP contribution is 2.32. The van der Waals surface area contributed by atoms with Crippen molar-refractivity contribution in [1.29, 1.82) is 0 Å². The number of halogens is 2. The van der Waals surface area contributed by atoms with Gasteiger partial charge in [-0.25, -0.2) is 22.8 Å². The number of carboxylic acids is 3. The fraction of sp³-hybridized carbons (Fsp3) is 0.265. The van der Waals surface area contributed by atoms with Crippen molar-refractivity contribution in [1.82, 2.24) is 10.6 Å². The Labute approximate surface area is 327 Å². The van der Waals surface area contributed by atoms with Crippen LogP contribution in [0.2, 0.25) is 0 Å². The van der Waals surface area contributed by atoms with E-state index >= 15 is 0 Å². The number of carbonyl (C=O) groups excluding carboxylic acids is 4. The number of hydrogen-bond donors (Lipinski definition) is 6. The summed E-state index contributed by atoms with van der Waals surface area (Å²) >= 11 is 8.52. The van der Waals surface area contributed by atoms with Crippen LogP contribution < -0.4 is 10.6 Å². The summed E-state index contributed by atoms with van der Waals surface area (Å²) in [7, 11) is 1.24. The lowest BCUT2D eigenvalue weighted by molar-refractivity contribution is -0.134. The molecule has 5 N–H and O–H groups in total. The largest absolute Gasteiger partial charge is 0.478 e. The van der Waals surface area contributed by atoms with Gasteiger partial charge in [0, 0.05) is 33.3 Å². The number of rotatable bonds is 6. The molecule has 0 saturated carbocycles. The fourth-order valence-electron chi connectivity index (χ4n) is 4.55. The number of amides is 4. The molecule has 3 aromatic carbocycles. The van der Waals surface area contributed by atoms with Crippen LogP contribution in [0.1, 0.15) is 73.4 Å². The molecule has 0 aromatic heterocycles. The van der Waals surface area contributed by atoms with Gasteiger partial charge in [-0.3, -0.25) is 29.8 Å². The summed E-state index contributed by atoms with van der Waals surface area (Å²) in [6, 6.07) is 13.9. The highest BCUT2D eigenvalue weighted by molar-refractivity contribution is 9.10. The molecule has 19 heteroatoms. The molecule has 3 aromatic rings. The number of imide groups is 2. The third-order valence-electron chi connectivity index (χ3n) is 7.46. The predicted octanol–water partition coefficient (Wildman–Crippen LogP) is 5.38. The number of benzene rings is 3. The quantitative estimate of drug-likeness (QED) is 0.0791. The number of piperidine rings is 2. The van der Waals surface area contributed by atoms with Crippen LogP contribution in [0.5, 0.6) is 0 Å². The summed E-state index contributed by atoms with van der Waals surface area (Å²) in [5.74, 6) is -4.01. The zero-order valence-corrected chi connectivity index (χ0v) is 33.1. The van der Waals surface area contributed by atoms with E-state index in [0.29, 0.717) is 47.3 Å². The van der Waals surface area contributed by atoms with Gasteiger partial charge in [-0.05, 0) is 86.7 Å². The molecule has 2 atom stereocenters. The van der Waals surface area contributed by atoms with Crippen LogP contribution in [0.25, 0.3) is 0 Å². The molecule has 14 nitrogen and oxygen atoms in total. The Balaban J connectivity index is 0.000000254. The predicted molar refractivity (Wildman–Crippen MR) is 202 cm³/mol. The monoisotopic (exact) mass is 872 g/mol. The first kappa shape index (κ1) is 44.9. The van der Waals surface area contributed by atoms with Gasteiger partial charge >= 0.3 is 17.9 Å². The van der Waals surface area contributed by atoms with Crippen molar-refractivity contribution in [2.24, 2.45) is 0 Å². The van der Waals surface area contributed by atoms with Crippen LogP contribution >= 0.6 is 51.0 Å². The first-order valence-electron chi connectivity index (χ1n) is 15.3. The number of carboxylic acid groups (broad SMARTS) is 3. The Kier molecular flexibility index (Phi) is 17.2. The maximum Gasteiger partial charge on any atom is 0.335 e. The van der Waals surface area contributed by atoms with Crippen LogP contribution in [0.3, 0.4) is 0 Å². The second-order valence-corrected chi connectivity index (χ2v) is 16.5. The second kappa shape index (κ2) is 20.3. The van der Waals surface area contributed by atoms with Crippen molar-refractivity contribution in [3.8, 4) is 0 Å². The van der Waals surface area contributed by atoms with Gasteiger partial charge in [0.2, 0.25) is 23.6 Å². The zero-order chi connectivity index (χ0) is 40.2. The van der Waals surface area contributed by atoms with Crippen molar-refractivity contribution in [3.63, 3.8) is 0 Å². The van der Waals surface area contributed by atoms with Gasteiger partial charge in [-0.2, -0.15) is 0 Å². The third kappa shape index (κ3) is 13.6. The summed E-state index contributed by atoms with van der Waals surface area (Å²) < 4.78 is 22.0. The smallest absolute Gasteiger partial charge is 0.335 e. The number of thiol groups is 1. The minimum absolute atomic E-state index is 0.0632. The van der Waals surface area contributed by atoms with E-state index in [4.69, 9.17) is 26.0 Å². The summed E-state index contributed by atoms with van der Waals surface area (Å²) in [5, 5.41) is 30.6. The molecule has 2 aliphatic rings. The van der Waals surface area contributed by atoms with Gasteiger partial charge in [0.05, 0.1) is 31.7 Å². The number of carbonyl (C=O) groups is 7. The first-order chi connectivity index (χ1) is 24.6. The molecule has 4 amide bonds. The molecule has 2 fully saturated rings. The lowest BCUT2D eigenvalue weighted by atomic mass is 10.1. The Bertz CT molecular complexity index is 2040. The lowest BCUT2D eigenvalue weighted by Crippen LogP contribution is -2.42. The topological polar surface area (TPSA) is 238 Å². The standard InChI is InChI=1S/C13H13NO4S.C8H7ClO4S.C8H8O2S.C5H6BrNO2/c1-7-8(13(17)18)3-2-4-9(7)19-10-5-6-11(15)14-12(10)16;1-5-6(8(10)11)3-2-4-7(5)14(9,12)13;1-5-6(8(9)10)3-2-4-7(5)11;6-3-1-2-4(8)7-5(3)9/h2-4,10H,5-6H2,1H3,(H,17,18)(H,14,15,16);2-4H,1H3,(H,10,11);2-4,11H,1H3,(H,9,10);3H,1-2H2,(H,7,8,9). The normalized spacial score (nSPS) is 16.6. The molecule has 53 heavy (non-hydrogen) atoms. The molecule has 0 spiro atoms. The van der Waals surface area contributed by atoms with Gasteiger partial charge < -0.3 is 15.3 Å². The summed E-state index contributed by atoms with van der Waals surface area (Å²) in [4.78, 5) is 77.2. The molecule has 5 rings (SSSR count). The van der Waals surface area contributed by atoms with E-state index in [1.165, 1.54) is 43.0 Å². The molecule has 0 aliphatic carbocycles. The van der Waals surface area contributed by atoms with E-state index in [-0.39, 0.29) is 55.3 Å². The van der Waals surface area contributed by atoms with Gasteiger partial charge in [0.15, 0.2) is 0 Å². The van der Waals surface area contributed by atoms with Gasteiger partial charge in [-0.1, -0.05) is 34.1 Å². The molecule has 284 valence electrons. The molecule has 2 unspecified atom stereocenters. The maximum atomic E-state index is 11.7. The Morgan fingerprint density at radius 3 is 1.64 bits per heavy atom. The number of hydrogen-bond acceptors (Lipinski definition) is 11. The molecular formula is C34H34BrClN2O12S3. The summed E-state index contributed by atoms with van der Waals surface area (Å²) in [6.07, 6.45) is 1.86. The Morgan fingerprint density at radius 2 is 1.19 bits per heavy atom. The molecule has 2 aliphatic heterocycles. The average Bonchev–Trinajstić information content (AvgIpc) is 3.06. The SMILES string of the molecule is Cc1c(C(=O)O)cccc1S(=O)(=O)Cl.Cc1c(S)cccc1C(=O)O.Cc1c(SC2CCC(=O)NC2=O)cccc1C(=O)O.O=C1CCC(Br)C(=O)N1. The van der Waals surface area contributed by atoms with Crippen LogP contribution in [0, 0.1) is 20.8 Å². The van der Waals surface area contributed by atoms with Crippen molar-refractivity contribution in [2.75, 3.05) is 0 Å². The van der Waals surface area contributed by atoms with E-state index in [0.717, 1.165) is 4.90 Å². The van der Waals surface area contributed by atoms with Gasteiger partial charge in [0.1, 0.15) is 0 Å². The number of aromatic carboxylic acids is 3. The van der Waals surface area contributed by atoms with Gasteiger partial charge in [-0.15, -0.1) is 24.4 Å². The number of nitrogens with one attached hydrogen (secondary N) is 2. The van der Waals surface area contributed by atoms with E-state index in [9.17, 15) is 42.0 Å². The average molecular weight is 874 g/mol. The maximum absolute atomic E-state index is 11.7. The van der Waals surface area contributed by atoms with Crippen molar-refractivity contribution < 1.29 is 57.3 Å². The number of thioether (sulfide) groups is 1. The molecule has 0 radical (unpaired) electrons. The molecule has 2 saturated heterocycles. The van der Waals surface area contributed by atoms with Crippen LogP contribution in [-0.2, 0) is 28.2 Å². The van der Waals surface area contributed by atoms with E-state index in [2.05, 4.69) is 39.2 Å². The highest BCUT2D eigenvalue weighted by atomic mass is 79.9. The fourth-order valence-corrected chi connectivity index (χ4v) is 7.47. The minimum atomic E-state index is -3.88. The summed E-state index contributed by atoms with van der Waals surface area (Å²) in [6.45, 7) is 4.86. The Morgan fingerprint density at radius 1 is 0.736 bits per heavy atom. The van der Waals surface area contributed by atoms with Crippen LogP contribution in [-0.4, -0.2) is 75.4 Å². The Hall–Kier alpha value is -4.23. The van der Waals surface area contributed by atoms with Crippen molar-refractivity contribution in [3.05, 3.63) is 88.0 Å². The molecule has 0 bridgehead atoms. The third-order valence-corrected chi connectivity index (χ3v) is 11.7. The van der Waals surface area contributed by atoms with E-state index in [1.54, 1.807) is 44.2 Å². The summed E-state index contributed by atoms with van der Waals surface area (Å²) in [5.41, 5.74) is 1.99. The van der Waals surface area contributed by atoms with E-state index in [1.807, 2.05) is 0 Å². The second-order valence-electron chi connectivity index (χ2n) is 11.1. The van der Waals surface area contributed by atoms with Crippen molar-refractivity contribution >= 4 is 102 Å². The van der Waals surface area contributed by atoms with Crippen LogP contribution in [0.15, 0.2) is 69.3 Å². The zero-order valence-electron chi connectivity index (χ0n) is 28.2. The lowest BCUT2D eigenvalue weighted by Gasteiger charge is -2.21. The molecule has 2 heterocycles. The van der Waals surface area contributed by atoms with E-state index < -0.39 is 27.0 Å². The highest BCUT2D eigenvalue weighted by Gasteiger charge is 2.28. The molecular weight excluding hydrogens is 840 g/mol. The van der Waals surface area contributed by atoms with Crippen LogP contribution in [0.4, 0.5) is 0 Å². The minimum Gasteiger partial charge on any atom is -0.478 e. The first-order valence-corrected chi connectivity index (χ1v) is 19.8. The van der Waals surface area contributed by atoms with Gasteiger partial charge in [0.25, 0.3) is 9.05 Å². The van der Waals surface area contributed by atoms with Crippen molar-refractivity contribution in [2.45, 2.75) is 71.2 Å².